The van der Waals surface area contributed by atoms with Gasteiger partial charge in [-0.1, -0.05) is 31.2 Å². The molecule has 8 heteroatoms. The van der Waals surface area contributed by atoms with Gasteiger partial charge in [0.2, 0.25) is 5.88 Å². The second-order valence-electron chi connectivity index (χ2n) is 9.53. The van der Waals surface area contributed by atoms with E-state index < -0.39 is 6.04 Å². The van der Waals surface area contributed by atoms with E-state index in [0.29, 0.717) is 30.8 Å². The van der Waals surface area contributed by atoms with Gasteiger partial charge in [-0.3, -0.25) is 9.69 Å². The number of halogens is 2. The zero-order valence-corrected chi connectivity index (χ0v) is 20.7. The smallest absolute Gasteiger partial charge is 0.259 e. The molecule has 4 rings (SSSR count). The van der Waals surface area contributed by atoms with Crippen molar-refractivity contribution in [2.75, 3.05) is 26.7 Å². The van der Waals surface area contributed by atoms with Gasteiger partial charge >= 0.3 is 0 Å². The molecule has 0 saturated carbocycles. The lowest BCUT2D eigenvalue weighted by Gasteiger charge is -2.37. The molecule has 0 aliphatic carbocycles. The van der Waals surface area contributed by atoms with Gasteiger partial charge in [-0.25, -0.2) is 13.8 Å². The maximum absolute atomic E-state index is 13.6. The van der Waals surface area contributed by atoms with Crippen molar-refractivity contribution in [2.45, 2.75) is 32.5 Å². The number of likely N-dealkylation sites (N-methyl/N-ethyl adjacent to an activating group) is 1. The largest absolute Gasteiger partial charge is 0.472 e. The van der Waals surface area contributed by atoms with Crippen LogP contribution in [0.1, 0.15) is 29.8 Å². The number of benzene rings is 2. The summed E-state index contributed by atoms with van der Waals surface area (Å²) >= 11 is 0. The zero-order valence-electron chi connectivity index (χ0n) is 20.7. The predicted octanol–water partition coefficient (Wildman–Crippen LogP) is 4.38. The first-order chi connectivity index (χ1) is 17.2. The Hall–Kier alpha value is -3.36. The lowest BCUT2D eigenvalue weighted by atomic mass is 9.99. The lowest BCUT2D eigenvalue weighted by molar-refractivity contribution is 0.0325. The fraction of sp³-hybridized carbons (Fsp3) is 0.357. The molecule has 36 heavy (non-hydrogen) atoms. The van der Waals surface area contributed by atoms with E-state index in [1.165, 1.54) is 24.3 Å². The Labute approximate surface area is 210 Å². The van der Waals surface area contributed by atoms with Crippen molar-refractivity contribution < 1.29 is 23.4 Å². The highest BCUT2D eigenvalue weighted by atomic mass is 19.1. The van der Waals surface area contributed by atoms with Gasteiger partial charge in [0.25, 0.3) is 5.91 Å². The molecule has 0 fully saturated rings. The van der Waals surface area contributed by atoms with Crippen LogP contribution in [-0.4, -0.2) is 64.7 Å². The highest BCUT2D eigenvalue weighted by molar-refractivity contribution is 5.98. The summed E-state index contributed by atoms with van der Waals surface area (Å²) in [4.78, 5) is 21.8. The van der Waals surface area contributed by atoms with Crippen LogP contribution in [0, 0.1) is 17.6 Å². The van der Waals surface area contributed by atoms with Crippen LogP contribution in [0.4, 0.5) is 8.78 Å². The van der Waals surface area contributed by atoms with Crippen molar-refractivity contribution in [3.05, 3.63) is 83.6 Å². The van der Waals surface area contributed by atoms with Crippen LogP contribution in [0.3, 0.4) is 0 Å². The number of fused-ring (bicyclic) bond motifs is 1. The quantitative estimate of drug-likeness (QED) is 0.527. The van der Waals surface area contributed by atoms with Crippen LogP contribution in [0.5, 0.6) is 5.88 Å². The van der Waals surface area contributed by atoms with Crippen LogP contribution in [-0.2, 0) is 6.54 Å². The molecule has 6 nitrogen and oxygen atoms in total. The minimum absolute atomic E-state index is 0.0506. The van der Waals surface area contributed by atoms with E-state index in [9.17, 15) is 18.7 Å². The van der Waals surface area contributed by atoms with Gasteiger partial charge in [0, 0.05) is 37.3 Å². The number of carbonyl (C=O) groups excluding carboxylic acids is 1. The summed E-state index contributed by atoms with van der Waals surface area (Å²) in [6.07, 6.45) is 1.32. The first kappa shape index (κ1) is 25.7. The molecule has 190 valence electrons. The number of aliphatic hydroxyl groups is 1. The highest BCUT2D eigenvalue weighted by Gasteiger charge is 2.34. The molecule has 2 heterocycles. The zero-order chi connectivity index (χ0) is 25.8. The van der Waals surface area contributed by atoms with E-state index in [-0.39, 0.29) is 42.1 Å². The van der Waals surface area contributed by atoms with Crippen LogP contribution < -0.4 is 4.74 Å². The Kier molecular flexibility index (Phi) is 7.96. The van der Waals surface area contributed by atoms with Crippen molar-refractivity contribution in [1.29, 1.82) is 0 Å². The standard InChI is InChI=1S/C28H31F2N3O3/c1-18-14-33(19(2)17-34)28(35)25-12-22(21-6-10-24(30)11-7-21)13-31-27(25)36-26(18)16-32(3)15-20-4-8-23(29)9-5-20/h4-13,18-19,26,34H,14-17H2,1-3H3/t18-,19+,26-/m1/s1. The number of rotatable bonds is 7. The summed E-state index contributed by atoms with van der Waals surface area (Å²) < 4.78 is 33.0. The van der Waals surface area contributed by atoms with E-state index in [4.69, 9.17) is 4.74 Å². The number of hydrogen-bond donors (Lipinski definition) is 1. The predicted molar refractivity (Wildman–Crippen MR) is 134 cm³/mol. The maximum atomic E-state index is 13.6. The van der Waals surface area contributed by atoms with Gasteiger partial charge in [0.1, 0.15) is 23.3 Å². The van der Waals surface area contributed by atoms with Crippen LogP contribution >= 0.6 is 0 Å². The molecular weight excluding hydrogens is 464 g/mol. The summed E-state index contributed by atoms with van der Waals surface area (Å²) in [6.45, 7) is 5.20. The number of pyridine rings is 1. The van der Waals surface area contributed by atoms with Crippen molar-refractivity contribution in [3.8, 4) is 17.0 Å². The summed E-state index contributed by atoms with van der Waals surface area (Å²) in [5, 5.41) is 9.84. The molecule has 3 aromatic rings. The second kappa shape index (κ2) is 11.1. The number of carbonyl (C=O) groups is 1. The molecule has 3 atom stereocenters. The average Bonchev–Trinajstić information content (AvgIpc) is 2.87. The van der Waals surface area contributed by atoms with E-state index >= 15 is 0 Å². The third-order valence-electron chi connectivity index (χ3n) is 6.56. The van der Waals surface area contributed by atoms with Crippen molar-refractivity contribution in [1.82, 2.24) is 14.8 Å². The van der Waals surface area contributed by atoms with Gasteiger partial charge in [0.15, 0.2) is 0 Å². The third kappa shape index (κ3) is 5.88. The number of ether oxygens (including phenoxy) is 1. The van der Waals surface area contributed by atoms with Gasteiger partial charge < -0.3 is 14.7 Å². The van der Waals surface area contributed by atoms with Crippen molar-refractivity contribution in [3.63, 3.8) is 0 Å². The van der Waals surface area contributed by atoms with Gasteiger partial charge in [-0.15, -0.1) is 0 Å². The van der Waals surface area contributed by atoms with E-state index in [2.05, 4.69) is 9.88 Å². The van der Waals surface area contributed by atoms with Crippen LogP contribution in [0.15, 0.2) is 60.8 Å². The Bertz CT molecular complexity index is 1190. The molecular formula is C28H31F2N3O3. The first-order valence-electron chi connectivity index (χ1n) is 12.0. The lowest BCUT2D eigenvalue weighted by Crippen LogP contribution is -2.49. The summed E-state index contributed by atoms with van der Waals surface area (Å²) in [7, 11) is 1.96. The molecule has 0 unspecified atom stereocenters. The summed E-state index contributed by atoms with van der Waals surface area (Å²) in [5.74, 6) is -0.711. The molecule has 1 amide bonds. The number of amides is 1. The second-order valence-corrected chi connectivity index (χ2v) is 9.53. The molecule has 0 bridgehead atoms. The maximum Gasteiger partial charge on any atom is 0.259 e. The van der Waals surface area contributed by atoms with E-state index in [1.54, 1.807) is 48.4 Å². The topological polar surface area (TPSA) is 65.9 Å². The SMILES string of the molecule is C[C@@H]1CN([C@@H](C)CO)C(=O)c2cc(-c3ccc(F)cc3)cnc2O[C@@H]1CN(C)Cc1ccc(F)cc1. The molecule has 1 aliphatic heterocycles. The van der Waals surface area contributed by atoms with Crippen molar-refractivity contribution in [2.24, 2.45) is 5.92 Å². The summed E-state index contributed by atoms with van der Waals surface area (Å²) in [5.41, 5.74) is 2.67. The number of aliphatic hydroxyl groups excluding tert-OH is 1. The van der Waals surface area contributed by atoms with Gasteiger partial charge in [0.05, 0.1) is 12.6 Å². The normalized spacial score (nSPS) is 18.9. The highest BCUT2D eigenvalue weighted by Crippen LogP contribution is 2.30. The molecule has 1 N–H and O–H groups in total. The van der Waals surface area contributed by atoms with Crippen molar-refractivity contribution >= 4 is 5.91 Å². The average molecular weight is 496 g/mol. The van der Waals surface area contributed by atoms with Crippen LogP contribution in [0.2, 0.25) is 0 Å². The minimum atomic E-state index is -0.391. The molecule has 0 radical (unpaired) electrons. The molecule has 0 spiro atoms. The molecule has 2 aromatic carbocycles. The Morgan fingerprint density at radius 3 is 2.39 bits per heavy atom. The molecule has 1 aliphatic rings. The fourth-order valence-corrected chi connectivity index (χ4v) is 4.39. The number of nitrogens with zero attached hydrogens (tertiary/aromatic N) is 3. The Morgan fingerprint density at radius 2 is 1.75 bits per heavy atom. The monoisotopic (exact) mass is 495 g/mol. The van der Waals surface area contributed by atoms with Gasteiger partial charge in [-0.05, 0) is 55.4 Å². The Balaban J connectivity index is 1.64. The fourth-order valence-electron chi connectivity index (χ4n) is 4.39. The van der Waals surface area contributed by atoms with Gasteiger partial charge in [-0.2, -0.15) is 0 Å². The minimum Gasteiger partial charge on any atom is -0.472 e. The first-order valence-corrected chi connectivity index (χ1v) is 12.0. The van der Waals surface area contributed by atoms with Crippen LogP contribution in [0.25, 0.3) is 11.1 Å². The Morgan fingerprint density at radius 1 is 1.11 bits per heavy atom. The summed E-state index contributed by atoms with van der Waals surface area (Å²) in [6, 6.07) is 13.7. The molecule has 1 aromatic heterocycles. The third-order valence-corrected chi connectivity index (χ3v) is 6.56. The van der Waals surface area contributed by atoms with E-state index in [1.807, 2.05) is 14.0 Å². The molecule has 0 saturated heterocycles. The van der Waals surface area contributed by atoms with E-state index in [0.717, 1.165) is 11.1 Å². The number of aromatic nitrogens is 1. The number of hydrogen-bond acceptors (Lipinski definition) is 5.